The standard InChI is InChI=1S/C9H8ClN3/c1-6-9(13-5-12-6)7-2-3-8(10)11-4-7/h2-5H,1H3,(H,12,13). The van der Waals surface area contributed by atoms with Crippen molar-refractivity contribution >= 4 is 11.6 Å². The number of imidazole rings is 1. The van der Waals surface area contributed by atoms with Crippen LogP contribution in [0, 0.1) is 6.92 Å². The zero-order chi connectivity index (χ0) is 9.26. The number of halogens is 1. The van der Waals surface area contributed by atoms with Gasteiger partial charge in [-0.1, -0.05) is 11.6 Å². The Morgan fingerprint density at radius 3 is 2.69 bits per heavy atom. The molecule has 2 rings (SSSR count). The zero-order valence-corrected chi connectivity index (χ0v) is 7.84. The van der Waals surface area contributed by atoms with E-state index in [1.165, 1.54) is 0 Å². The molecule has 13 heavy (non-hydrogen) atoms. The van der Waals surface area contributed by atoms with Gasteiger partial charge < -0.3 is 4.98 Å². The van der Waals surface area contributed by atoms with Gasteiger partial charge in [-0.3, -0.25) is 0 Å². The summed E-state index contributed by atoms with van der Waals surface area (Å²) in [6, 6.07) is 3.66. The third-order valence-electron chi connectivity index (χ3n) is 1.83. The van der Waals surface area contributed by atoms with E-state index in [4.69, 9.17) is 11.6 Å². The Morgan fingerprint density at radius 2 is 2.15 bits per heavy atom. The lowest BCUT2D eigenvalue weighted by Crippen LogP contribution is -1.82. The van der Waals surface area contributed by atoms with E-state index in [1.54, 1.807) is 18.6 Å². The van der Waals surface area contributed by atoms with Gasteiger partial charge in [-0.15, -0.1) is 0 Å². The molecule has 0 saturated carbocycles. The van der Waals surface area contributed by atoms with Gasteiger partial charge in [0.05, 0.1) is 12.0 Å². The summed E-state index contributed by atoms with van der Waals surface area (Å²) in [4.78, 5) is 11.2. The number of nitrogens with one attached hydrogen (secondary N) is 1. The fraction of sp³-hybridized carbons (Fsp3) is 0.111. The number of pyridine rings is 1. The highest BCUT2D eigenvalue weighted by Crippen LogP contribution is 2.19. The van der Waals surface area contributed by atoms with Crippen LogP contribution < -0.4 is 0 Å². The van der Waals surface area contributed by atoms with Gasteiger partial charge in [-0.25, -0.2) is 9.97 Å². The third kappa shape index (κ3) is 1.55. The number of aromatic amines is 1. The number of nitrogens with zero attached hydrogens (tertiary/aromatic N) is 2. The summed E-state index contributed by atoms with van der Waals surface area (Å²) in [5.41, 5.74) is 2.93. The lowest BCUT2D eigenvalue weighted by molar-refractivity contribution is 1.25. The smallest absolute Gasteiger partial charge is 0.129 e. The highest BCUT2D eigenvalue weighted by molar-refractivity contribution is 6.29. The lowest BCUT2D eigenvalue weighted by Gasteiger charge is -1.97. The molecule has 0 aromatic carbocycles. The average Bonchev–Trinajstić information content (AvgIpc) is 2.53. The maximum absolute atomic E-state index is 5.67. The van der Waals surface area contributed by atoms with Crippen molar-refractivity contribution in [2.45, 2.75) is 6.92 Å². The molecule has 0 radical (unpaired) electrons. The summed E-state index contributed by atoms with van der Waals surface area (Å²) in [6.07, 6.45) is 3.38. The molecule has 3 nitrogen and oxygen atoms in total. The molecular weight excluding hydrogens is 186 g/mol. The Balaban J connectivity index is 2.47. The molecule has 0 spiro atoms. The predicted molar refractivity (Wildman–Crippen MR) is 51.6 cm³/mol. The number of aryl methyl sites for hydroxylation is 1. The molecule has 0 unspecified atom stereocenters. The van der Waals surface area contributed by atoms with E-state index in [1.807, 2.05) is 13.0 Å². The van der Waals surface area contributed by atoms with E-state index >= 15 is 0 Å². The van der Waals surface area contributed by atoms with Crippen molar-refractivity contribution < 1.29 is 0 Å². The van der Waals surface area contributed by atoms with Crippen LogP contribution in [0.25, 0.3) is 11.3 Å². The van der Waals surface area contributed by atoms with E-state index in [0.29, 0.717) is 5.15 Å². The predicted octanol–water partition coefficient (Wildman–Crippen LogP) is 2.43. The topological polar surface area (TPSA) is 41.6 Å². The summed E-state index contributed by atoms with van der Waals surface area (Å²) in [5, 5.41) is 0.497. The second-order valence-corrected chi connectivity index (χ2v) is 3.13. The van der Waals surface area contributed by atoms with Crippen LogP contribution in [0.15, 0.2) is 24.7 Å². The van der Waals surface area contributed by atoms with Crippen LogP contribution >= 0.6 is 11.6 Å². The minimum Gasteiger partial charge on any atom is -0.348 e. The molecule has 0 saturated heterocycles. The Morgan fingerprint density at radius 1 is 1.31 bits per heavy atom. The van der Waals surface area contributed by atoms with Crippen molar-refractivity contribution in [1.82, 2.24) is 15.0 Å². The molecule has 4 heteroatoms. The van der Waals surface area contributed by atoms with Crippen molar-refractivity contribution in [3.8, 4) is 11.3 Å². The zero-order valence-electron chi connectivity index (χ0n) is 7.08. The average molecular weight is 194 g/mol. The molecule has 2 aromatic rings. The third-order valence-corrected chi connectivity index (χ3v) is 2.05. The molecule has 0 amide bonds. The van der Waals surface area contributed by atoms with Gasteiger partial charge in [-0.2, -0.15) is 0 Å². The minimum atomic E-state index is 0.497. The van der Waals surface area contributed by atoms with Crippen molar-refractivity contribution in [1.29, 1.82) is 0 Å². The van der Waals surface area contributed by atoms with Gasteiger partial charge in [0.15, 0.2) is 0 Å². The summed E-state index contributed by atoms with van der Waals surface area (Å²) in [5.74, 6) is 0. The van der Waals surface area contributed by atoms with E-state index < -0.39 is 0 Å². The first-order chi connectivity index (χ1) is 6.27. The molecule has 0 aliphatic heterocycles. The van der Waals surface area contributed by atoms with E-state index in [9.17, 15) is 0 Å². The van der Waals surface area contributed by atoms with E-state index in [0.717, 1.165) is 17.0 Å². The second-order valence-electron chi connectivity index (χ2n) is 2.75. The van der Waals surface area contributed by atoms with Gasteiger partial charge >= 0.3 is 0 Å². The fourth-order valence-corrected chi connectivity index (χ4v) is 1.28. The summed E-state index contributed by atoms with van der Waals surface area (Å²) >= 11 is 5.67. The molecule has 0 atom stereocenters. The second kappa shape index (κ2) is 3.18. The molecule has 1 N–H and O–H groups in total. The highest BCUT2D eigenvalue weighted by atomic mass is 35.5. The van der Waals surface area contributed by atoms with Gasteiger partial charge in [0.25, 0.3) is 0 Å². The summed E-state index contributed by atoms with van der Waals surface area (Å²) < 4.78 is 0. The molecule has 0 aliphatic rings. The van der Waals surface area contributed by atoms with Gasteiger partial charge in [0, 0.05) is 17.5 Å². The fourth-order valence-electron chi connectivity index (χ4n) is 1.17. The van der Waals surface area contributed by atoms with E-state index in [2.05, 4.69) is 15.0 Å². The molecule has 66 valence electrons. The summed E-state index contributed by atoms with van der Waals surface area (Å²) in [6.45, 7) is 1.97. The number of rotatable bonds is 1. The molecule has 2 heterocycles. The Hall–Kier alpha value is -1.35. The van der Waals surface area contributed by atoms with Gasteiger partial charge in [0.2, 0.25) is 0 Å². The molecule has 0 fully saturated rings. The Labute approximate surface area is 80.8 Å². The van der Waals surface area contributed by atoms with Crippen LogP contribution in [-0.4, -0.2) is 15.0 Å². The number of hydrogen-bond donors (Lipinski definition) is 1. The first-order valence-electron chi connectivity index (χ1n) is 3.89. The molecule has 0 bridgehead atoms. The first kappa shape index (κ1) is 8.26. The van der Waals surface area contributed by atoms with Crippen LogP contribution in [0.3, 0.4) is 0 Å². The van der Waals surface area contributed by atoms with Crippen LogP contribution in [0.2, 0.25) is 5.15 Å². The molecule has 2 aromatic heterocycles. The normalized spacial score (nSPS) is 10.3. The monoisotopic (exact) mass is 193 g/mol. The van der Waals surface area contributed by atoms with Crippen LogP contribution in [0.5, 0.6) is 0 Å². The first-order valence-corrected chi connectivity index (χ1v) is 4.27. The summed E-state index contributed by atoms with van der Waals surface area (Å²) in [7, 11) is 0. The maximum Gasteiger partial charge on any atom is 0.129 e. The van der Waals surface area contributed by atoms with Crippen LogP contribution in [0.1, 0.15) is 5.69 Å². The van der Waals surface area contributed by atoms with Gasteiger partial charge in [-0.05, 0) is 19.1 Å². The SMILES string of the molecule is Cc1[nH]cnc1-c1ccc(Cl)nc1. The Bertz CT molecular complexity index is 405. The van der Waals surface area contributed by atoms with Crippen LogP contribution in [0.4, 0.5) is 0 Å². The maximum atomic E-state index is 5.67. The van der Waals surface area contributed by atoms with E-state index in [-0.39, 0.29) is 0 Å². The largest absolute Gasteiger partial charge is 0.348 e. The van der Waals surface area contributed by atoms with Crippen molar-refractivity contribution in [2.75, 3.05) is 0 Å². The molecular formula is C9H8ClN3. The lowest BCUT2D eigenvalue weighted by atomic mass is 10.2. The minimum absolute atomic E-state index is 0.497. The van der Waals surface area contributed by atoms with Gasteiger partial charge in [0.1, 0.15) is 5.15 Å². The van der Waals surface area contributed by atoms with Crippen LogP contribution in [-0.2, 0) is 0 Å². The van der Waals surface area contributed by atoms with Crippen molar-refractivity contribution in [3.63, 3.8) is 0 Å². The molecule has 0 aliphatic carbocycles. The number of H-pyrrole nitrogens is 1. The van der Waals surface area contributed by atoms with Crippen molar-refractivity contribution in [3.05, 3.63) is 35.5 Å². The number of aromatic nitrogens is 3. The Kier molecular flexibility index (Phi) is 2.02. The quantitative estimate of drug-likeness (QED) is 0.707. The number of hydrogen-bond acceptors (Lipinski definition) is 2. The highest BCUT2D eigenvalue weighted by Gasteiger charge is 2.03. The van der Waals surface area contributed by atoms with Crippen molar-refractivity contribution in [2.24, 2.45) is 0 Å².